The number of methoxy groups -OCH3 is 1. The number of aromatic nitrogens is 2. The van der Waals surface area contributed by atoms with Crippen LogP contribution in [0.4, 0.5) is 0 Å². The minimum absolute atomic E-state index is 0.0118. The molecule has 3 unspecified atom stereocenters. The van der Waals surface area contributed by atoms with E-state index in [1.807, 2.05) is 0 Å². The summed E-state index contributed by atoms with van der Waals surface area (Å²) < 4.78 is 6.74. The van der Waals surface area contributed by atoms with Gasteiger partial charge in [-0.25, -0.2) is 4.98 Å². The highest BCUT2D eigenvalue weighted by atomic mass is 16.5. The first-order valence-electron chi connectivity index (χ1n) is 6.33. The quantitative estimate of drug-likeness (QED) is 0.731. The van der Waals surface area contributed by atoms with Crippen molar-refractivity contribution in [3.8, 4) is 5.75 Å². The van der Waals surface area contributed by atoms with Crippen LogP contribution in [-0.4, -0.2) is 22.9 Å². The van der Waals surface area contributed by atoms with Crippen LogP contribution in [0.2, 0.25) is 0 Å². The molecule has 5 heteroatoms. The molecule has 18 heavy (non-hydrogen) atoms. The van der Waals surface area contributed by atoms with Crippen molar-refractivity contribution < 1.29 is 9.53 Å². The fourth-order valence-electron chi connectivity index (χ4n) is 3.29. The summed E-state index contributed by atoms with van der Waals surface area (Å²) in [7, 11) is 1.48. The van der Waals surface area contributed by atoms with E-state index < -0.39 is 0 Å². The van der Waals surface area contributed by atoms with Crippen LogP contribution in [0, 0.1) is 11.8 Å². The SMILES string of the molecule is COc1cnc2n(c1=O)CC1CCC2C(C=O)C1. The summed E-state index contributed by atoms with van der Waals surface area (Å²) in [6.07, 6.45) is 5.41. The molecule has 5 nitrogen and oxygen atoms in total. The Bertz CT molecular complexity index is 538. The van der Waals surface area contributed by atoms with Crippen LogP contribution in [0.1, 0.15) is 31.0 Å². The monoisotopic (exact) mass is 248 g/mol. The Morgan fingerprint density at radius 2 is 2.33 bits per heavy atom. The third kappa shape index (κ3) is 1.57. The van der Waals surface area contributed by atoms with Crippen LogP contribution in [0.3, 0.4) is 0 Å². The first-order chi connectivity index (χ1) is 8.74. The zero-order valence-electron chi connectivity index (χ0n) is 10.3. The Kier molecular flexibility index (Phi) is 2.69. The lowest BCUT2D eigenvalue weighted by molar-refractivity contribution is -0.112. The van der Waals surface area contributed by atoms with Gasteiger partial charge in [-0.15, -0.1) is 0 Å². The summed E-state index contributed by atoms with van der Waals surface area (Å²) >= 11 is 0. The smallest absolute Gasteiger partial charge is 0.295 e. The minimum atomic E-state index is -0.119. The van der Waals surface area contributed by atoms with Gasteiger partial charge in [-0.3, -0.25) is 9.36 Å². The van der Waals surface area contributed by atoms with Crippen molar-refractivity contribution in [2.24, 2.45) is 11.8 Å². The molecule has 96 valence electrons. The summed E-state index contributed by atoms with van der Waals surface area (Å²) in [5, 5.41) is 0. The van der Waals surface area contributed by atoms with Gasteiger partial charge in [0.1, 0.15) is 12.1 Å². The molecule has 4 rings (SSSR count). The van der Waals surface area contributed by atoms with E-state index >= 15 is 0 Å². The molecular weight excluding hydrogens is 232 g/mol. The highest BCUT2D eigenvalue weighted by Crippen LogP contribution is 2.42. The van der Waals surface area contributed by atoms with Crippen molar-refractivity contribution in [1.82, 2.24) is 9.55 Å². The average molecular weight is 248 g/mol. The molecule has 3 aliphatic rings. The van der Waals surface area contributed by atoms with Gasteiger partial charge in [0.2, 0.25) is 5.75 Å². The number of ether oxygens (including phenoxy) is 1. The van der Waals surface area contributed by atoms with Gasteiger partial charge in [-0.2, -0.15) is 0 Å². The van der Waals surface area contributed by atoms with E-state index in [-0.39, 0.29) is 23.1 Å². The summed E-state index contributed by atoms with van der Waals surface area (Å²) in [5.74, 6) is 1.56. The number of hydrogen-bond donors (Lipinski definition) is 0. The zero-order valence-corrected chi connectivity index (χ0v) is 10.3. The maximum Gasteiger partial charge on any atom is 0.295 e. The fourth-order valence-corrected chi connectivity index (χ4v) is 3.29. The highest BCUT2D eigenvalue weighted by molar-refractivity contribution is 5.56. The predicted octanol–water partition coefficient (Wildman–Crippen LogP) is 0.964. The van der Waals surface area contributed by atoms with E-state index in [4.69, 9.17) is 4.74 Å². The molecular formula is C13H16N2O3. The molecule has 0 saturated heterocycles. The molecule has 0 aromatic carbocycles. The summed E-state index contributed by atoms with van der Waals surface area (Å²) in [6.45, 7) is 0.666. The number of aldehydes is 1. The Morgan fingerprint density at radius 1 is 1.50 bits per heavy atom. The maximum absolute atomic E-state index is 12.2. The molecule has 1 saturated carbocycles. The Morgan fingerprint density at radius 3 is 3.06 bits per heavy atom. The molecule has 1 fully saturated rings. The van der Waals surface area contributed by atoms with Gasteiger partial charge in [-0.05, 0) is 25.2 Å². The van der Waals surface area contributed by atoms with Crippen molar-refractivity contribution in [2.75, 3.05) is 7.11 Å². The van der Waals surface area contributed by atoms with Crippen LogP contribution in [0.25, 0.3) is 0 Å². The second kappa shape index (κ2) is 4.23. The third-order valence-corrected chi connectivity index (χ3v) is 4.22. The van der Waals surface area contributed by atoms with E-state index in [1.54, 1.807) is 4.57 Å². The van der Waals surface area contributed by atoms with Crippen molar-refractivity contribution in [3.05, 3.63) is 22.4 Å². The van der Waals surface area contributed by atoms with Gasteiger partial charge in [0.25, 0.3) is 5.56 Å². The molecule has 0 radical (unpaired) electrons. The first-order valence-corrected chi connectivity index (χ1v) is 6.33. The largest absolute Gasteiger partial charge is 0.490 e. The van der Waals surface area contributed by atoms with E-state index in [0.717, 1.165) is 31.4 Å². The van der Waals surface area contributed by atoms with Gasteiger partial charge in [-0.1, -0.05) is 0 Å². The topological polar surface area (TPSA) is 61.2 Å². The maximum atomic E-state index is 12.2. The van der Waals surface area contributed by atoms with Crippen molar-refractivity contribution >= 4 is 6.29 Å². The van der Waals surface area contributed by atoms with Gasteiger partial charge in [0.05, 0.1) is 13.3 Å². The Hall–Kier alpha value is -1.65. The van der Waals surface area contributed by atoms with Crippen LogP contribution in [0.15, 0.2) is 11.0 Å². The van der Waals surface area contributed by atoms with E-state index in [1.165, 1.54) is 13.3 Å². The Balaban J connectivity index is 2.16. The number of carbonyl (C=O) groups excluding carboxylic acids is 1. The van der Waals surface area contributed by atoms with E-state index in [9.17, 15) is 9.59 Å². The fraction of sp³-hybridized carbons (Fsp3) is 0.615. The minimum Gasteiger partial charge on any atom is -0.490 e. The average Bonchev–Trinajstić information content (AvgIpc) is 2.67. The van der Waals surface area contributed by atoms with Gasteiger partial charge in [0.15, 0.2) is 0 Å². The van der Waals surface area contributed by atoms with Crippen LogP contribution in [-0.2, 0) is 11.3 Å². The molecule has 1 aliphatic carbocycles. The van der Waals surface area contributed by atoms with Crippen LogP contribution >= 0.6 is 0 Å². The molecule has 1 aromatic rings. The lowest BCUT2D eigenvalue weighted by Crippen LogP contribution is -2.27. The lowest BCUT2D eigenvalue weighted by atomic mass is 9.76. The molecule has 3 atom stereocenters. The number of nitrogens with zero attached hydrogens (tertiary/aromatic N) is 2. The van der Waals surface area contributed by atoms with Crippen LogP contribution < -0.4 is 10.3 Å². The van der Waals surface area contributed by atoms with Crippen molar-refractivity contribution in [1.29, 1.82) is 0 Å². The zero-order chi connectivity index (χ0) is 12.7. The molecule has 3 heterocycles. The van der Waals surface area contributed by atoms with Crippen molar-refractivity contribution in [2.45, 2.75) is 31.7 Å². The van der Waals surface area contributed by atoms with E-state index in [2.05, 4.69) is 4.98 Å². The van der Waals surface area contributed by atoms with Gasteiger partial charge >= 0.3 is 0 Å². The van der Waals surface area contributed by atoms with E-state index in [0.29, 0.717) is 12.5 Å². The molecule has 0 amide bonds. The normalized spacial score (nSPS) is 29.5. The van der Waals surface area contributed by atoms with Crippen molar-refractivity contribution in [3.63, 3.8) is 0 Å². The standard InChI is InChI=1S/C13H16N2O3/c1-18-11-5-14-12-10-3-2-8(4-9(10)7-16)6-15(12)13(11)17/h5,7-10H,2-4,6H2,1H3. The second-order valence-corrected chi connectivity index (χ2v) is 5.19. The summed E-state index contributed by atoms with van der Waals surface area (Å²) in [4.78, 5) is 27.8. The molecule has 0 spiro atoms. The summed E-state index contributed by atoms with van der Waals surface area (Å²) in [5.41, 5.74) is -0.119. The van der Waals surface area contributed by atoms with Gasteiger partial charge < -0.3 is 9.53 Å². The molecule has 2 aliphatic heterocycles. The molecule has 2 bridgehead atoms. The number of fused-ring (bicyclic) bond motifs is 2. The number of hydrogen-bond acceptors (Lipinski definition) is 4. The number of carbonyl (C=O) groups is 1. The third-order valence-electron chi connectivity index (χ3n) is 4.22. The summed E-state index contributed by atoms with van der Waals surface area (Å²) in [6, 6.07) is 0. The first kappa shape index (κ1) is 11.4. The predicted molar refractivity (Wildman–Crippen MR) is 64.7 cm³/mol. The second-order valence-electron chi connectivity index (χ2n) is 5.19. The Labute approximate surface area is 105 Å². The highest BCUT2D eigenvalue weighted by Gasteiger charge is 2.38. The number of rotatable bonds is 2. The van der Waals surface area contributed by atoms with Gasteiger partial charge in [0, 0.05) is 18.4 Å². The lowest BCUT2D eigenvalue weighted by Gasteiger charge is -2.27. The van der Waals surface area contributed by atoms with Crippen LogP contribution in [0.5, 0.6) is 5.75 Å². The molecule has 1 aromatic heterocycles. The molecule has 0 N–H and O–H groups in total.